The fourth-order valence-corrected chi connectivity index (χ4v) is 4.11. The van der Waals surface area contributed by atoms with Gasteiger partial charge in [-0.1, -0.05) is 12.1 Å². The van der Waals surface area contributed by atoms with E-state index in [1.54, 1.807) is 20.8 Å². The first-order chi connectivity index (χ1) is 17.4. The fourth-order valence-electron chi connectivity index (χ4n) is 4.11. The molecule has 1 aromatic carbocycles. The molecule has 3 heterocycles. The number of carboxylic acid groups (broad SMARTS) is 1. The molecule has 3 aromatic rings. The van der Waals surface area contributed by atoms with Crippen LogP contribution in [0.2, 0.25) is 0 Å². The number of nitrogens with two attached hydrogens (primary N) is 1. The number of carbonyl (C=O) groups excluding carboxylic acids is 2. The molecule has 37 heavy (non-hydrogen) atoms. The van der Waals surface area contributed by atoms with Gasteiger partial charge in [-0.15, -0.1) is 0 Å². The van der Waals surface area contributed by atoms with Gasteiger partial charge in [-0.2, -0.15) is 0 Å². The van der Waals surface area contributed by atoms with Crippen molar-refractivity contribution in [3.8, 4) is 11.3 Å². The highest BCUT2D eigenvalue weighted by Crippen LogP contribution is 2.35. The third kappa shape index (κ3) is 5.52. The average molecular weight is 511 g/mol. The van der Waals surface area contributed by atoms with Crippen LogP contribution in [-0.2, 0) is 4.74 Å². The number of hydrogen-bond acceptors (Lipinski definition) is 7. The molecule has 0 radical (unpaired) electrons. The Hall–Kier alpha value is -4.48. The lowest BCUT2D eigenvalue weighted by molar-refractivity contribution is 0.0217. The molecule has 4 rings (SSSR count). The number of carboxylic acids is 1. The molecule has 4 N–H and O–H groups in total. The second-order valence-corrected chi connectivity index (χ2v) is 9.56. The minimum atomic E-state index is -1.29. The van der Waals surface area contributed by atoms with Gasteiger partial charge in [0.25, 0.3) is 5.91 Å². The van der Waals surface area contributed by atoms with Crippen molar-refractivity contribution in [2.24, 2.45) is 0 Å². The van der Waals surface area contributed by atoms with Crippen molar-refractivity contribution >= 4 is 23.8 Å². The quantitative estimate of drug-likeness (QED) is 0.438. The first kappa shape index (κ1) is 25.6. The number of nitrogens with one attached hydrogen (secondary N) is 1. The van der Waals surface area contributed by atoms with Crippen LogP contribution in [0.1, 0.15) is 66.3 Å². The molecule has 194 valence electrons. The van der Waals surface area contributed by atoms with E-state index < -0.39 is 35.4 Å². The topological polar surface area (TPSA) is 153 Å². The van der Waals surface area contributed by atoms with Gasteiger partial charge in [0.05, 0.1) is 6.04 Å². The zero-order valence-corrected chi connectivity index (χ0v) is 20.6. The van der Waals surface area contributed by atoms with E-state index in [0.717, 1.165) is 16.8 Å². The van der Waals surface area contributed by atoms with E-state index in [0.29, 0.717) is 24.9 Å². The molecule has 1 aliphatic rings. The Morgan fingerprint density at radius 3 is 2.51 bits per heavy atom. The first-order valence-corrected chi connectivity index (χ1v) is 11.6. The van der Waals surface area contributed by atoms with E-state index in [4.69, 9.17) is 10.6 Å². The van der Waals surface area contributed by atoms with Crippen LogP contribution in [0.15, 0.2) is 42.6 Å². The minimum Gasteiger partial charge on any atom is -0.476 e. The molecule has 0 aliphatic carbocycles. The maximum absolute atomic E-state index is 13.4. The maximum atomic E-state index is 13.4. The second-order valence-electron chi connectivity index (χ2n) is 9.56. The Morgan fingerprint density at radius 2 is 1.89 bits per heavy atom. The normalized spacial score (nSPS) is 15.5. The number of carbonyl (C=O) groups is 3. The van der Waals surface area contributed by atoms with Crippen molar-refractivity contribution in [3.63, 3.8) is 0 Å². The Kier molecular flexibility index (Phi) is 6.84. The zero-order chi connectivity index (χ0) is 26.9. The summed E-state index contributed by atoms with van der Waals surface area (Å²) in [4.78, 5) is 47.3. The number of anilines is 1. The molecule has 2 amide bonds. The van der Waals surface area contributed by atoms with Crippen molar-refractivity contribution in [2.45, 2.75) is 45.3 Å². The van der Waals surface area contributed by atoms with Crippen LogP contribution < -0.4 is 11.2 Å². The van der Waals surface area contributed by atoms with E-state index >= 15 is 0 Å². The lowest BCUT2D eigenvalue weighted by Crippen LogP contribution is -2.37. The number of nitrogen functional groups attached to an aromatic ring is 1. The molecule has 0 spiro atoms. The molecule has 0 bridgehead atoms. The van der Waals surface area contributed by atoms with Crippen LogP contribution >= 0.6 is 0 Å². The Labute approximate surface area is 212 Å². The molecule has 1 fully saturated rings. The molecule has 1 unspecified atom stereocenters. The molecule has 1 aliphatic heterocycles. The number of hydrogen-bond donors (Lipinski definition) is 3. The van der Waals surface area contributed by atoms with E-state index in [-0.39, 0.29) is 28.6 Å². The number of pyridine rings is 1. The van der Waals surface area contributed by atoms with Gasteiger partial charge in [0.2, 0.25) is 0 Å². The summed E-state index contributed by atoms with van der Waals surface area (Å²) in [6, 6.07) is 7.72. The molecule has 12 heteroatoms. The molecule has 0 saturated carbocycles. The van der Waals surface area contributed by atoms with Crippen molar-refractivity contribution in [3.05, 3.63) is 65.5 Å². The van der Waals surface area contributed by atoms with Gasteiger partial charge in [-0.25, -0.2) is 28.6 Å². The van der Waals surface area contributed by atoms with Crippen LogP contribution in [0.25, 0.3) is 11.3 Å². The Bertz CT molecular complexity index is 1350. The number of ether oxygens (including phenoxy) is 1. The Balaban J connectivity index is 1.62. The summed E-state index contributed by atoms with van der Waals surface area (Å²) in [5.41, 5.74) is -0.207. The van der Waals surface area contributed by atoms with Crippen LogP contribution in [0.5, 0.6) is 0 Å². The lowest BCUT2D eigenvalue weighted by Gasteiger charge is -2.28. The zero-order valence-electron chi connectivity index (χ0n) is 20.6. The van der Waals surface area contributed by atoms with Crippen molar-refractivity contribution in [1.29, 1.82) is 0 Å². The summed E-state index contributed by atoms with van der Waals surface area (Å²) in [7, 11) is 0. The summed E-state index contributed by atoms with van der Waals surface area (Å²) >= 11 is 0. The molecule has 1 saturated heterocycles. The van der Waals surface area contributed by atoms with Crippen LogP contribution in [0.3, 0.4) is 0 Å². The molecule has 2 aromatic heterocycles. The van der Waals surface area contributed by atoms with E-state index in [2.05, 4.69) is 15.3 Å². The standard InChI is InChI=1S/C25H27FN6O5/c1-25(2,3)37-24(36)31-12-4-5-17(31)21-30-19(20(23(34)35)32(21)27)14-6-8-15(9-7-14)22(33)29-18-13-16(26)10-11-28-18/h6-11,13,17H,4-5,12,27H2,1-3H3,(H,34,35)(H,28,29,33). The fraction of sp³-hybridized carbons (Fsp3) is 0.320. The van der Waals surface area contributed by atoms with Crippen molar-refractivity contribution in [1.82, 2.24) is 19.5 Å². The van der Waals surface area contributed by atoms with Gasteiger partial charge < -0.3 is 21.0 Å². The SMILES string of the molecule is CC(C)(C)OC(=O)N1CCCC1c1nc(-c2ccc(C(=O)Nc3cc(F)ccn3)cc2)c(C(=O)O)n1N. The summed E-state index contributed by atoms with van der Waals surface area (Å²) in [5.74, 6) is 4.10. The van der Waals surface area contributed by atoms with E-state index in [9.17, 15) is 23.9 Å². The number of aromatic nitrogens is 3. The van der Waals surface area contributed by atoms with Gasteiger partial charge in [-0.05, 0) is 51.8 Å². The van der Waals surface area contributed by atoms with Crippen LogP contribution in [-0.4, -0.2) is 54.8 Å². The number of aromatic carboxylic acids is 1. The van der Waals surface area contributed by atoms with Crippen molar-refractivity contribution in [2.75, 3.05) is 17.7 Å². The molecular formula is C25H27FN6O5. The molecule has 11 nitrogen and oxygen atoms in total. The average Bonchev–Trinajstić information content (AvgIpc) is 3.42. The summed E-state index contributed by atoms with van der Waals surface area (Å²) in [6.07, 6.45) is 1.92. The highest BCUT2D eigenvalue weighted by Gasteiger charge is 2.37. The smallest absolute Gasteiger partial charge is 0.410 e. The predicted molar refractivity (Wildman–Crippen MR) is 132 cm³/mol. The first-order valence-electron chi connectivity index (χ1n) is 11.6. The van der Waals surface area contributed by atoms with Gasteiger partial charge >= 0.3 is 12.1 Å². The van der Waals surface area contributed by atoms with Gasteiger partial charge in [0.15, 0.2) is 11.5 Å². The number of likely N-dealkylation sites (tertiary alicyclic amines) is 1. The van der Waals surface area contributed by atoms with Crippen molar-refractivity contribution < 1.29 is 28.6 Å². The third-order valence-corrected chi connectivity index (χ3v) is 5.70. The van der Waals surface area contributed by atoms with E-state index in [1.807, 2.05) is 0 Å². The largest absolute Gasteiger partial charge is 0.476 e. The number of rotatable bonds is 5. The molecule has 1 atom stereocenters. The number of benzene rings is 1. The number of imidazole rings is 1. The highest BCUT2D eigenvalue weighted by molar-refractivity contribution is 6.04. The maximum Gasteiger partial charge on any atom is 0.410 e. The summed E-state index contributed by atoms with van der Waals surface area (Å²) < 4.78 is 19.8. The van der Waals surface area contributed by atoms with Gasteiger partial charge in [0, 0.05) is 29.9 Å². The number of amides is 2. The van der Waals surface area contributed by atoms with Gasteiger partial charge in [0.1, 0.15) is 22.9 Å². The van der Waals surface area contributed by atoms with Crippen LogP contribution in [0, 0.1) is 5.82 Å². The lowest BCUT2D eigenvalue weighted by atomic mass is 10.1. The Morgan fingerprint density at radius 1 is 1.19 bits per heavy atom. The number of nitrogens with zero attached hydrogens (tertiary/aromatic N) is 4. The second kappa shape index (κ2) is 9.88. The minimum absolute atomic E-state index is 0.0554. The van der Waals surface area contributed by atoms with Crippen LogP contribution in [0.4, 0.5) is 15.0 Å². The summed E-state index contributed by atoms with van der Waals surface area (Å²) in [6.45, 7) is 5.71. The predicted octanol–water partition coefficient (Wildman–Crippen LogP) is 3.82. The summed E-state index contributed by atoms with van der Waals surface area (Å²) in [5, 5.41) is 12.4. The van der Waals surface area contributed by atoms with E-state index in [1.165, 1.54) is 35.4 Å². The highest BCUT2D eigenvalue weighted by atomic mass is 19.1. The third-order valence-electron chi connectivity index (χ3n) is 5.70. The molecular weight excluding hydrogens is 483 g/mol. The van der Waals surface area contributed by atoms with Gasteiger partial charge in [-0.3, -0.25) is 9.69 Å². The number of halogens is 1. The monoisotopic (exact) mass is 510 g/mol.